The smallest absolute Gasteiger partial charge is 0.170 e. The molecule has 2 rings (SSSR count). The number of piperidine rings is 1. The van der Waals surface area contributed by atoms with E-state index >= 15 is 0 Å². The maximum atomic E-state index is 8.49. The molecule has 1 fully saturated rings. The van der Waals surface area contributed by atoms with E-state index in [9.17, 15) is 0 Å². The number of ether oxygens (including phenoxy) is 2. The number of nitrogens with zero attached hydrogens (tertiary/aromatic N) is 1. The van der Waals surface area contributed by atoms with Crippen LogP contribution in [0.15, 0.2) is 18.2 Å². The van der Waals surface area contributed by atoms with Crippen LogP contribution in [0.3, 0.4) is 0 Å². The normalized spacial score (nSPS) is 14.7. The highest BCUT2D eigenvalue weighted by molar-refractivity contribution is 5.77. The Morgan fingerprint density at radius 1 is 0.955 bits per heavy atom. The van der Waals surface area contributed by atoms with Gasteiger partial charge in [-0.1, -0.05) is 0 Å². The van der Waals surface area contributed by atoms with Crippen LogP contribution in [0.1, 0.15) is 24.8 Å². The Morgan fingerprint density at radius 2 is 1.50 bits per heavy atom. The molecule has 22 heavy (non-hydrogen) atoms. The van der Waals surface area contributed by atoms with Gasteiger partial charge in [-0.05, 0) is 24.6 Å². The summed E-state index contributed by atoms with van der Waals surface area (Å²) in [6, 6.07) is 6.04. The predicted molar refractivity (Wildman–Crippen MR) is 68.6 cm³/mol. The maximum absolute atomic E-state index is 8.49. The third-order valence-corrected chi connectivity index (χ3v) is 3.13. The van der Waals surface area contributed by atoms with Gasteiger partial charge in [-0.2, -0.15) is 0 Å². The summed E-state index contributed by atoms with van der Waals surface area (Å²) in [6.45, 7) is 2.32. The molecule has 0 saturated carbocycles. The zero-order valence-corrected chi connectivity index (χ0v) is 13.4. The molecule has 1 aromatic rings. The molecule has 8 heteroatoms. The standard InChI is InChI=1S/C14H20NO2.ClHO4/c1-16-13-7-6-12(10-14(13)17-2)11-15-8-4-3-5-9-15;2-1(3,4)5/h6-7,10-11H,3-5,8-9H2,1-2H3;(H,2,3,4,5)/q+1;/p-1. The molecular formula is C14H20ClNO6. The molecule has 0 amide bonds. The van der Waals surface area contributed by atoms with Gasteiger partial charge in [-0.3, -0.25) is 0 Å². The lowest BCUT2D eigenvalue weighted by molar-refractivity contribution is -2.00. The van der Waals surface area contributed by atoms with E-state index in [1.807, 2.05) is 12.1 Å². The first-order valence-corrected chi connectivity index (χ1v) is 7.99. The van der Waals surface area contributed by atoms with Gasteiger partial charge < -0.3 is 9.47 Å². The SMILES string of the molecule is COc1ccc(C=[N+]2CCCCC2)cc1OC.[O-][Cl+3]([O-])([O-])[O-]. The van der Waals surface area contributed by atoms with Crippen LogP contribution in [-0.4, -0.2) is 38.1 Å². The molecule has 0 atom stereocenters. The van der Waals surface area contributed by atoms with Crippen LogP contribution in [-0.2, 0) is 0 Å². The van der Waals surface area contributed by atoms with E-state index in [1.165, 1.54) is 24.8 Å². The van der Waals surface area contributed by atoms with Crippen molar-refractivity contribution in [1.82, 2.24) is 0 Å². The predicted octanol–water partition coefficient (Wildman–Crippen LogP) is -2.44. The lowest BCUT2D eigenvalue weighted by Crippen LogP contribution is -2.68. The van der Waals surface area contributed by atoms with Crippen molar-refractivity contribution in [2.24, 2.45) is 0 Å². The second-order valence-corrected chi connectivity index (χ2v) is 5.47. The van der Waals surface area contributed by atoms with Crippen LogP contribution in [0.4, 0.5) is 0 Å². The Kier molecular flexibility index (Phi) is 7.57. The number of hydrogen-bond donors (Lipinski definition) is 0. The van der Waals surface area contributed by atoms with E-state index in [0.717, 1.165) is 24.6 Å². The number of benzene rings is 1. The minimum atomic E-state index is -4.94. The van der Waals surface area contributed by atoms with E-state index in [4.69, 9.17) is 28.1 Å². The Hall–Kier alpha value is -1.38. The molecule has 0 bridgehead atoms. The Labute approximate surface area is 131 Å². The van der Waals surface area contributed by atoms with Crippen molar-refractivity contribution in [3.05, 3.63) is 23.8 Å². The molecule has 1 aliphatic rings. The van der Waals surface area contributed by atoms with Crippen molar-refractivity contribution in [2.75, 3.05) is 27.3 Å². The van der Waals surface area contributed by atoms with Crippen LogP contribution < -0.4 is 28.1 Å². The van der Waals surface area contributed by atoms with Crippen molar-refractivity contribution in [3.8, 4) is 11.5 Å². The van der Waals surface area contributed by atoms with Crippen LogP contribution in [0, 0.1) is 10.2 Å². The second-order valence-electron chi connectivity index (χ2n) is 4.72. The Bertz CT molecular complexity index is 487. The van der Waals surface area contributed by atoms with E-state index < -0.39 is 10.2 Å². The lowest BCUT2D eigenvalue weighted by Gasteiger charge is -2.17. The van der Waals surface area contributed by atoms with Crippen molar-refractivity contribution < 1.29 is 42.9 Å². The summed E-state index contributed by atoms with van der Waals surface area (Å²) >= 11 is 0. The molecule has 1 aliphatic heterocycles. The van der Waals surface area contributed by atoms with Gasteiger partial charge in [0.15, 0.2) is 17.7 Å². The summed E-state index contributed by atoms with van der Waals surface area (Å²) in [5.41, 5.74) is 1.17. The van der Waals surface area contributed by atoms with Crippen molar-refractivity contribution in [1.29, 1.82) is 0 Å². The zero-order valence-electron chi connectivity index (χ0n) is 12.6. The first kappa shape index (κ1) is 18.7. The molecule has 0 aromatic heterocycles. The summed E-state index contributed by atoms with van der Waals surface area (Å²) in [7, 11) is -1.62. The van der Waals surface area contributed by atoms with Crippen molar-refractivity contribution >= 4 is 6.21 Å². The molecule has 7 nitrogen and oxygen atoms in total. The zero-order chi connectivity index (χ0) is 16.6. The topological polar surface area (TPSA) is 114 Å². The molecule has 0 N–H and O–H groups in total. The van der Waals surface area contributed by atoms with Crippen molar-refractivity contribution in [3.63, 3.8) is 0 Å². The number of hydrogen-bond acceptors (Lipinski definition) is 6. The average molecular weight is 334 g/mol. The molecule has 0 aliphatic carbocycles. The van der Waals surface area contributed by atoms with Crippen LogP contribution in [0.2, 0.25) is 0 Å². The fraction of sp³-hybridized carbons (Fsp3) is 0.500. The second kappa shape index (κ2) is 8.92. The third kappa shape index (κ3) is 7.58. The average Bonchev–Trinajstić information content (AvgIpc) is 2.46. The van der Waals surface area contributed by atoms with Gasteiger partial charge >= 0.3 is 0 Å². The summed E-state index contributed by atoms with van der Waals surface area (Å²) in [5.74, 6) is 1.57. The molecule has 0 radical (unpaired) electrons. The van der Waals surface area contributed by atoms with Crippen LogP contribution in [0.5, 0.6) is 11.5 Å². The van der Waals surface area contributed by atoms with Gasteiger partial charge in [0.25, 0.3) is 0 Å². The monoisotopic (exact) mass is 333 g/mol. The van der Waals surface area contributed by atoms with Gasteiger partial charge in [-0.15, -0.1) is 10.2 Å². The summed E-state index contributed by atoms with van der Waals surface area (Å²) < 4.78 is 46.9. The third-order valence-electron chi connectivity index (χ3n) is 3.13. The first-order valence-electron chi connectivity index (χ1n) is 6.76. The van der Waals surface area contributed by atoms with E-state index in [1.54, 1.807) is 14.2 Å². The Morgan fingerprint density at radius 3 is 2.00 bits per heavy atom. The van der Waals surface area contributed by atoms with Crippen LogP contribution >= 0.6 is 0 Å². The molecule has 0 unspecified atom stereocenters. The largest absolute Gasteiger partial charge is 0.493 e. The van der Waals surface area contributed by atoms with Crippen LogP contribution in [0.25, 0.3) is 0 Å². The molecule has 124 valence electrons. The molecule has 1 saturated heterocycles. The van der Waals surface area contributed by atoms with Gasteiger partial charge in [0.05, 0.1) is 14.2 Å². The van der Waals surface area contributed by atoms with Gasteiger partial charge in [0, 0.05) is 18.4 Å². The number of halogens is 1. The fourth-order valence-corrected chi connectivity index (χ4v) is 2.19. The highest BCUT2D eigenvalue weighted by atomic mass is 35.7. The highest BCUT2D eigenvalue weighted by Crippen LogP contribution is 2.26. The van der Waals surface area contributed by atoms with Gasteiger partial charge in [0.2, 0.25) is 0 Å². The minimum Gasteiger partial charge on any atom is -0.493 e. The lowest BCUT2D eigenvalue weighted by atomic mass is 10.1. The number of rotatable bonds is 3. The molecular weight excluding hydrogens is 314 g/mol. The van der Waals surface area contributed by atoms with E-state index in [0.29, 0.717) is 0 Å². The quantitative estimate of drug-likeness (QED) is 0.568. The summed E-state index contributed by atoms with van der Waals surface area (Å²) in [5, 5.41) is 0. The minimum absolute atomic E-state index is 0.781. The van der Waals surface area contributed by atoms with Gasteiger partial charge in [-0.25, -0.2) is 23.2 Å². The molecule has 0 spiro atoms. The first-order chi connectivity index (χ1) is 10.3. The van der Waals surface area contributed by atoms with E-state index in [2.05, 4.69) is 16.9 Å². The maximum Gasteiger partial charge on any atom is 0.170 e. The fourth-order valence-electron chi connectivity index (χ4n) is 2.19. The van der Waals surface area contributed by atoms with E-state index in [-0.39, 0.29) is 0 Å². The molecule has 1 heterocycles. The molecule has 1 aromatic carbocycles. The summed E-state index contributed by atoms with van der Waals surface area (Å²) in [6.07, 6.45) is 6.16. The highest BCUT2D eigenvalue weighted by Gasteiger charge is 2.11. The summed E-state index contributed by atoms with van der Waals surface area (Å²) in [4.78, 5) is 0. The van der Waals surface area contributed by atoms with Gasteiger partial charge in [0.1, 0.15) is 13.1 Å². The van der Waals surface area contributed by atoms with Crippen molar-refractivity contribution in [2.45, 2.75) is 19.3 Å². The Balaban J connectivity index is 0.000000422. The number of methoxy groups -OCH3 is 2.